The van der Waals surface area contributed by atoms with E-state index in [1.165, 1.54) is 11.3 Å². The normalized spacial score (nSPS) is 16.0. The molecule has 0 aliphatic carbocycles. The Hall–Kier alpha value is -1.55. The van der Waals surface area contributed by atoms with E-state index in [9.17, 15) is 4.79 Å². The first-order chi connectivity index (χ1) is 10.4. The van der Waals surface area contributed by atoms with Crippen LogP contribution in [0.5, 0.6) is 0 Å². The van der Waals surface area contributed by atoms with Crippen molar-refractivity contribution in [3.63, 3.8) is 0 Å². The van der Waals surface area contributed by atoms with Crippen LogP contribution in [0.3, 0.4) is 0 Å². The summed E-state index contributed by atoms with van der Waals surface area (Å²) in [6, 6.07) is 8.61. The molecule has 0 N–H and O–H groups in total. The Kier molecular flexibility index (Phi) is 5.46. The lowest BCUT2D eigenvalue weighted by molar-refractivity contribution is -0.132. The third-order valence-corrected chi connectivity index (χ3v) is 4.21. The Labute approximate surface area is 134 Å². The van der Waals surface area contributed by atoms with Crippen LogP contribution in [0.4, 0.5) is 5.69 Å². The fourth-order valence-electron chi connectivity index (χ4n) is 2.93. The van der Waals surface area contributed by atoms with E-state index < -0.39 is 0 Å². The van der Waals surface area contributed by atoms with Crippen molar-refractivity contribution in [3.05, 3.63) is 29.8 Å². The molecule has 1 aromatic rings. The minimum Gasteiger partial charge on any atom is -0.384 e. The predicted molar refractivity (Wildman–Crippen MR) is 90.4 cm³/mol. The van der Waals surface area contributed by atoms with Gasteiger partial charge in [-0.2, -0.15) is 0 Å². The van der Waals surface area contributed by atoms with Crippen molar-refractivity contribution in [2.45, 2.75) is 32.6 Å². The summed E-state index contributed by atoms with van der Waals surface area (Å²) < 4.78 is 4.99. The molecule has 1 aliphatic rings. The number of ether oxygens (including phenoxy) is 1. The van der Waals surface area contributed by atoms with Gasteiger partial charge in [-0.05, 0) is 17.0 Å². The van der Waals surface area contributed by atoms with Crippen LogP contribution in [0.15, 0.2) is 24.3 Å². The third kappa shape index (κ3) is 4.01. The Morgan fingerprint density at radius 2 is 1.77 bits per heavy atom. The first-order valence-corrected chi connectivity index (χ1v) is 8.04. The summed E-state index contributed by atoms with van der Waals surface area (Å²) >= 11 is 0. The van der Waals surface area contributed by atoms with E-state index >= 15 is 0 Å². The van der Waals surface area contributed by atoms with Crippen LogP contribution in [0.1, 0.15) is 32.8 Å². The van der Waals surface area contributed by atoms with Gasteiger partial charge in [0.2, 0.25) is 5.91 Å². The van der Waals surface area contributed by atoms with Gasteiger partial charge in [0.25, 0.3) is 0 Å². The highest BCUT2D eigenvalue weighted by atomic mass is 16.5. The van der Waals surface area contributed by atoms with Crippen molar-refractivity contribution >= 4 is 11.6 Å². The van der Waals surface area contributed by atoms with E-state index in [1.807, 2.05) is 4.90 Å². The maximum absolute atomic E-state index is 12.1. The summed E-state index contributed by atoms with van der Waals surface area (Å²) in [5.41, 5.74) is 2.80. The zero-order valence-electron chi connectivity index (χ0n) is 14.3. The maximum Gasteiger partial charge on any atom is 0.225 e. The molecule has 0 atom stereocenters. The number of hydrogen-bond acceptors (Lipinski definition) is 3. The molecule has 1 aliphatic heterocycles. The fourth-order valence-corrected chi connectivity index (χ4v) is 2.93. The quantitative estimate of drug-likeness (QED) is 0.857. The Balaban J connectivity index is 2.02. The van der Waals surface area contributed by atoms with Crippen LogP contribution in [0, 0.1) is 0 Å². The largest absolute Gasteiger partial charge is 0.384 e. The van der Waals surface area contributed by atoms with Crippen LogP contribution in [-0.2, 0) is 14.9 Å². The number of carbonyl (C=O) groups is 1. The number of amides is 1. The van der Waals surface area contributed by atoms with E-state index in [2.05, 4.69) is 49.9 Å². The zero-order valence-corrected chi connectivity index (χ0v) is 14.3. The number of methoxy groups -OCH3 is 1. The highest BCUT2D eigenvalue weighted by molar-refractivity contribution is 5.76. The third-order valence-electron chi connectivity index (χ3n) is 4.21. The molecule has 122 valence electrons. The molecule has 1 aromatic carbocycles. The summed E-state index contributed by atoms with van der Waals surface area (Å²) in [6.45, 7) is 10.6. The number of anilines is 1. The maximum atomic E-state index is 12.1. The lowest BCUT2D eigenvalue weighted by Gasteiger charge is -2.38. The van der Waals surface area contributed by atoms with Gasteiger partial charge in [-0.3, -0.25) is 4.79 Å². The van der Waals surface area contributed by atoms with Crippen molar-refractivity contribution in [3.8, 4) is 0 Å². The Morgan fingerprint density at radius 3 is 2.36 bits per heavy atom. The molecule has 0 bridgehead atoms. The molecule has 2 rings (SSSR count). The Bertz CT molecular complexity index is 500. The van der Waals surface area contributed by atoms with E-state index in [1.54, 1.807) is 7.11 Å². The molecule has 4 nitrogen and oxygen atoms in total. The number of rotatable bonds is 4. The van der Waals surface area contributed by atoms with Gasteiger partial charge < -0.3 is 14.5 Å². The molecule has 1 fully saturated rings. The first kappa shape index (κ1) is 16.8. The minimum atomic E-state index is 0.127. The minimum absolute atomic E-state index is 0.127. The van der Waals surface area contributed by atoms with Gasteiger partial charge in [-0.15, -0.1) is 0 Å². The van der Waals surface area contributed by atoms with Crippen LogP contribution in [-0.4, -0.2) is 50.7 Å². The molecule has 22 heavy (non-hydrogen) atoms. The number of carbonyl (C=O) groups excluding carboxylic acids is 1. The average molecular weight is 304 g/mol. The molecular weight excluding hydrogens is 276 g/mol. The van der Waals surface area contributed by atoms with Gasteiger partial charge in [-0.25, -0.2) is 0 Å². The standard InChI is InChI=1S/C18H28N2O2/c1-18(2,3)15-7-5-6-8-16(15)19-10-12-20(13-11-19)17(21)9-14-22-4/h5-8H,9-14H2,1-4H3. The summed E-state index contributed by atoms with van der Waals surface area (Å²) in [7, 11) is 1.63. The molecule has 1 heterocycles. The monoisotopic (exact) mass is 304 g/mol. The van der Waals surface area contributed by atoms with Gasteiger partial charge in [-0.1, -0.05) is 39.0 Å². The number of piperazine rings is 1. The van der Waals surface area contributed by atoms with Gasteiger partial charge >= 0.3 is 0 Å². The van der Waals surface area contributed by atoms with Crippen LogP contribution in [0.2, 0.25) is 0 Å². The number of benzene rings is 1. The van der Waals surface area contributed by atoms with Gasteiger partial charge in [0.15, 0.2) is 0 Å². The van der Waals surface area contributed by atoms with Crippen LogP contribution in [0.25, 0.3) is 0 Å². The fraction of sp³-hybridized carbons (Fsp3) is 0.611. The van der Waals surface area contributed by atoms with Crippen molar-refractivity contribution in [1.82, 2.24) is 4.90 Å². The molecule has 0 unspecified atom stereocenters. The average Bonchev–Trinajstić information content (AvgIpc) is 2.52. The highest BCUT2D eigenvalue weighted by Gasteiger charge is 2.25. The second-order valence-electron chi connectivity index (χ2n) is 6.88. The molecule has 0 aromatic heterocycles. The summed E-state index contributed by atoms with van der Waals surface area (Å²) in [4.78, 5) is 16.4. The van der Waals surface area contributed by atoms with Crippen molar-refractivity contribution in [2.24, 2.45) is 0 Å². The van der Waals surface area contributed by atoms with Crippen molar-refractivity contribution in [2.75, 3.05) is 44.8 Å². The molecule has 0 radical (unpaired) electrons. The lowest BCUT2D eigenvalue weighted by atomic mass is 9.85. The highest BCUT2D eigenvalue weighted by Crippen LogP contribution is 2.32. The van der Waals surface area contributed by atoms with E-state index in [-0.39, 0.29) is 11.3 Å². The Morgan fingerprint density at radius 1 is 1.14 bits per heavy atom. The molecule has 1 amide bonds. The van der Waals surface area contributed by atoms with E-state index in [0.29, 0.717) is 13.0 Å². The molecule has 1 saturated heterocycles. The van der Waals surface area contributed by atoms with Crippen molar-refractivity contribution < 1.29 is 9.53 Å². The topological polar surface area (TPSA) is 32.8 Å². The van der Waals surface area contributed by atoms with Crippen LogP contribution >= 0.6 is 0 Å². The second-order valence-corrected chi connectivity index (χ2v) is 6.88. The van der Waals surface area contributed by atoms with Gasteiger partial charge in [0, 0.05) is 39.0 Å². The summed E-state index contributed by atoms with van der Waals surface area (Å²) in [6.07, 6.45) is 0.481. The lowest BCUT2D eigenvalue weighted by Crippen LogP contribution is -2.49. The molecule has 0 spiro atoms. The van der Waals surface area contributed by atoms with Crippen LogP contribution < -0.4 is 4.90 Å². The zero-order chi connectivity index (χ0) is 16.2. The van der Waals surface area contributed by atoms with E-state index in [4.69, 9.17) is 4.74 Å². The summed E-state index contributed by atoms with van der Waals surface area (Å²) in [5, 5.41) is 0. The molecule has 4 heteroatoms. The molecular formula is C18H28N2O2. The number of nitrogens with zero attached hydrogens (tertiary/aromatic N) is 2. The van der Waals surface area contributed by atoms with Gasteiger partial charge in [0.1, 0.15) is 0 Å². The van der Waals surface area contributed by atoms with E-state index in [0.717, 1.165) is 26.2 Å². The smallest absolute Gasteiger partial charge is 0.225 e. The first-order valence-electron chi connectivity index (χ1n) is 8.04. The SMILES string of the molecule is COCCC(=O)N1CCN(c2ccccc2C(C)(C)C)CC1. The molecule has 0 saturated carbocycles. The summed E-state index contributed by atoms with van der Waals surface area (Å²) in [5.74, 6) is 0.200. The predicted octanol–water partition coefficient (Wildman–Crippen LogP) is 2.67. The van der Waals surface area contributed by atoms with Crippen molar-refractivity contribution in [1.29, 1.82) is 0 Å². The number of hydrogen-bond donors (Lipinski definition) is 0. The number of para-hydroxylation sites is 1. The second kappa shape index (κ2) is 7.14. The van der Waals surface area contributed by atoms with Gasteiger partial charge in [0.05, 0.1) is 13.0 Å².